The molecule has 0 saturated heterocycles. The second-order valence-corrected chi connectivity index (χ2v) is 5.07. The van der Waals surface area contributed by atoms with Crippen molar-refractivity contribution in [3.05, 3.63) is 35.9 Å². The van der Waals surface area contributed by atoms with Crippen molar-refractivity contribution in [3.8, 4) is 0 Å². The van der Waals surface area contributed by atoms with Gasteiger partial charge in [0.1, 0.15) is 0 Å². The minimum atomic E-state index is 0.591. The zero-order valence-corrected chi connectivity index (χ0v) is 13.3. The summed E-state index contributed by atoms with van der Waals surface area (Å²) < 4.78 is 15.7. The molecule has 120 valence electrons. The SMILES string of the molecule is COCCOCCOCCNCCC(C)c1ccccc1. The molecule has 1 N–H and O–H groups in total. The average Bonchev–Trinajstić information content (AvgIpc) is 2.53. The summed E-state index contributed by atoms with van der Waals surface area (Å²) in [4.78, 5) is 0. The van der Waals surface area contributed by atoms with Crippen LogP contribution in [0.25, 0.3) is 0 Å². The number of benzene rings is 1. The van der Waals surface area contributed by atoms with E-state index in [0.717, 1.165) is 26.1 Å². The van der Waals surface area contributed by atoms with Crippen LogP contribution in [0.5, 0.6) is 0 Å². The van der Waals surface area contributed by atoms with Gasteiger partial charge in [-0.15, -0.1) is 0 Å². The van der Waals surface area contributed by atoms with E-state index in [4.69, 9.17) is 14.2 Å². The first kappa shape index (κ1) is 18.1. The Bertz CT molecular complexity index is 332. The lowest BCUT2D eigenvalue weighted by Crippen LogP contribution is -2.22. The van der Waals surface area contributed by atoms with Crippen LogP contribution in [-0.4, -0.2) is 53.2 Å². The number of hydrogen-bond acceptors (Lipinski definition) is 4. The summed E-state index contributed by atoms with van der Waals surface area (Å²) in [5, 5.41) is 3.41. The molecule has 0 heterocycles. The van der Waals surface area contributed by atoms with Gasteiger partial charge in [-0.05, 0) is 24.4 Å². The highest BCUT2D eigenvalue weighted by Crippen LogP contribution is 2.17. The molecule has 21 heavy (non-hydrogen) atoms. The fourth-order valence-electron chi connectivity index (χ4n) is 2.00. The van der Waals surface area contributed by atoms with Crippen molar-refractivity contribution in [1.29, 1.82) is 0 Å². The maximum absolute atomic E-state index is 5.48. The van der Waals surface area contributed by atoms with E-state index >= 15 is 0 Å². The topological polar surface area (TPSA) is 39.7 Å². The normalized spacial score (nSPS) is 12.5. The Morgan fingerprint density at radius 1 is 0.905 bits per heavy atom. The molecule has 0 bridgehead atoms. The van der Waals surface area contributed by atoms with Gasteiger partial charge in [0.2, 0.25) is 0 Å². The fraction of sp³-hybridized carbons (Fsp3) is 0.647. The van der Waals surface area contributed by atoms with Gasteiger partial charge in [-0.1, -0.05) is 37.3 Å². The Labute approximate surface area is 128 Å². The van der Waals surface area contributed by atoms with Gasteiger partial charge in [0, 0.05) is 13.7 Å². The largest absolute Gasteiger partial charge is 0.382 e. The molecule has 0 aliphatic carbocycles. The standard InChI is InChI=1S/C17H29NO3/c1-16(17-6-4-3-5-7-17)8-9-18-10-11-20-14-15-21-13-12-19-2/h3-7,16,18H,8-15H2,1-2H3. The Balaban J connectivity index is 1.86. The molecule has 0 saturated carbocycles. The Morgan fingerprint density at radius 3 is 2.29 bits per heavy atom. The molecule has 1 aromatic carbocycles. The first-order valence-electron chi connectivity index (χ1n) is 7.74. The first-order valence-corrected chi connectivity index (χ1v) is 7.74. The van der Waals surface area contributed by atoms with Gasteiger partial charge in [0.05, 0.1) is 33.0 Å². The van der Waals surface area contributed by atoms with E-state index in [0.29, 0.717) is 32.3 Å². The van der Waals surface area contributed by atoms with Gasteiger partial charge in [-0.3, -0.25) is 0 Å². The second-order valence-electron chi connectivity index (χ2n) is 5.07. The molecule has 1 unspecified atom stereocenters. The first-order chi connectivity index (χ1) is 10.3. The molecule has 4 heteroatoms. The van der Waals surface area contributed by atoms with Gasteiger partial charge in [0.25, 0.3) is 0 Å². The number of hydrogen-bond donors (Lipinski definition) is 1. The number of rotatable bonds is 13. The van der Waals surface area contributed by atoms with Crippen LogP contribution in [0.1, 0.15) is 24.8 Å². The van der Waals surface area contributed by atoms with Gasteiger partial charge in [-0.25, -0.2) is 0 Å². The second kappa shape index (κ2) is 12.8. The van der Waals surface area contributed by atoms with E-state index in [-0.39, 0.29) is 0 Å². The highest BCUT2D eigenvalue weighted by atomic mass is 16.5. The number of ether oxygens (including phenoxy) is 3. The summed E-state index contributed by atoms with van der Waals surface area (Å²) in [6.45, 7) is 7.46. The molecule has 1 atom stereocenters. The summed E-state index contributed by atoms with van der Waals surface area (Å²) >= 11 is 0. The molecule has 4 nitrogen and oxygen atoms in total. The van der Waals surface area contributed by atoms with Crippen LogP contribution in [0.3, 0.4) is 0 Å². The molecular weight excluding hydrogens is 266 g/mol. The van der Waals surface area contributed by atoms with Gasteiger partial charge in [-0.2, -0.15) is 0 Å². The Morgan fingerprint density at radius 2 is 1.57 bits per heavy atom. The lowest BCUT2D eigenvalue weighted by Gasteiger charge is -2.12. The van der Waals surface area contributed by atoms with Crippen molar-refractivity contribution >= 4 is 0 Å². The third kappa shape index (κ3) is 9.58. The van der Waals surface area contributed by atoms with Crippen molar-refractivity contribution in [2.75, 3.05) is 53.2 Å². The smallest absolute Gasteiger partial charge is 0.0701 e. The predicted molar refractivity (Wildman–Crippen MR) is 85.9 cm³/mol. The summed E-state index contributed by atoms with van der Waals surface area (Å²) in [6, 6.07) is 10.6. The van der Waals surface area contributed by atoms with E-state index in [1.165, 1.54) is 5.56 Å². The average molecular weight is 295 g/mol. The Hall–Kier alpha value is -0.940. The van der Waals surface area contributed by atoms with Crippen LogP contribution in [0.2, 0.25) is 0 Å². The van der Waals surface area contributed by atoms with Crippen LogP contribution < -0.4 is 5.32 Å². The van der Waals surface area contributed by atoms with Crippen molar-refractivity contribution in [2.24, 2.45) is 0 Å². The van der Waals surface area contributed by atoms with Crippen LogP contribution in [0, 0.1) is 0 Å². The third-order valence-electron chi connectivity index (χ3n) is 3.35. The molecule has 0 aromatic heterocycles. The molecule has 0 spiro atoms. The summed E-state index contributed by atoms with van der Waals surface area (Å²) in [6.07, 6.45) is 1.14. The van der Waals surface area contributed by atoms with E-state index < -0.39 is 0 Å². The van der Waals surface area contributed by atoms with E-state index in [1.54, 1.807) is 7.11 Å². The van der Waals surface area contributed by atoms with Crippen molar-refractivity contribution in [3.63, 3.8) is 0 Å². The van der Waals surface area contributed by atoms with Gasteiger partial charge < -0.3 is 19.5 Å². The van der Waals surface area contributed by atoms with Crippen LogP contribution in [0.4, 0.5) is 0 Å². The third-order valence-corrected chi connectivity index (χ3v) is 3.35. The summed E-state index contributed by atoms with van der Waals surface area (Å²) in [5.41, 5.74) is 1.41. The van der Waals surface area contributed by atoms with Crippen LogP contribution >= 0.6 is 0 Å². The number of nitrogens with one attached hydrogen (secondary N) is 1. The van der Waals surface area contributed by atoms with Gasteiger partial charge >= 0.3 is 0 Å². The lowest BCUT2D eigenvalue weighted by atomic mass is 9.98. The summed E-state index contributed by atoms with van der Waals surface area (Å²) in [5.74, 6) is 0.591. The molecule has 0 fully saturated rings. The minimum Gasteiger partial charge on any atom is -0.382 e. The predicted octanol–water partition coefficient (Wildman–Crippen LogP) is 2.45. The van der Waals surface area contributed by atoms with Crippen LogP contribution in [0.15, 0.2) is 30.3 Å². The zero-order chi connectivity index (χ0) is 15.2. The van der Waals surface area contributed by atoms with E-state index in [9.17, 15) is 0 Å². The van der Waals surface area contributed by atoms with Gasteiger partial charge in [0.15, 0.2) is 0 Å². The highest BCUT2D eigenvalue weighted by molar-refractivity contribution is 5.18. The minimum absolute atomic E-state index is 0.591. The molecule has 1 rings (SSSR count). The highest BCUT2D eigenvalue weighted by Gasteiger charge is 2.03. The summed E-state index contributed by atoms with van der Waals surface area (Å²) in [7, 11) is 1.67. The number of methoxy groups -OCH3 is 1. The molecule has 0 radical (unpaired) electrons. The fourth-order valence-corrected chi connectivity index (χ4v) is 2.00. The zero-order valence-electron chi connectivity index (χ0n) is 13.3. The van der Waals surface area contributed by atoms with Crippen LogP contribution in [-0.2, 0) is 14.2 Å². The lowest BCUT2D eigenvalue weighted by molar-refractivity contribution is 0.0256. The monoisotopic (exact) mass is 295 g/mol. The molecule has 0 aliphatic rings. The quantitative estimate of drug-likeness (QED) is 0.567. The molecule has 1 aromatic rings. The molecular formula is C17H29NO3. The van der Waals surface area contributed by atoms with Crippen molar-refractivity contribution in [2.45, 2.75) is 19.3 Å². The maximum atomic E-state index is 5.48. The van der Waals surface area contributed by atoms with Crippen molar-refractivity contribution < 1.29 is 14.2 Å². The maximum Gasteiger partial charge on any atom is 0.0701 e. The van der Waals surface area contributed by atoms with E-state index in [1.807, 2.05) is 0 Å². The molecule has 0 aliphatic heterocycles. The molecule has 0 amide bonds. The Kier molecular flexibility index (Phi) is 11.0. The van der Waals surface area contributed by atoms with Crippen molar-refractivity contribution in [1.82, 2.24) is 5.32 Å². The van der Waals surface area contributed by atoms with E-state index in [2.05, 4.69) is 42.6 Å².